The van der Waals surface area contributed by atoms with Gasteiger partial charge in [0.05, 0.1) is 19.8 Å². The average Bonchev–Trinajstić information content (AvgIpc) is 3.15. The molecule has 2 fully saturated rings. The minimum Gasteiger partial charge on any atom is -0.496 e. The van der Waals surface area contributed by atoms with Gasteiger partial charge in [-0.25, -0.2) is 0 Å². The van der Waals surface area contributed by atoms with Crippen LogP contribution in [0.1, 0.15) is 44.6 Å². The van der Waals surface area contributed by atoms with Crippen LogP contribution in [0.4, 0.5) is 0 Å². The summed E-state index contributed by atoms with van der Waals surface area (Å²) in [6.07, 6.45) is 5.89. The second kappa shape index (κ2) is 9.38. The van der Waals surface area contributed by atoms with Crippen molar-refractivity contribution in [1.29, 1.82) is 0 Å². The molecule has 26 heavy (non-hydrogen) atoms. The third kappa shape index (κ3) is 4.98. The number of benzene rings is 1. The Kier molecular flexibility index (Phi) is 6.92. The van der Waals surface area contributed by atoms with Crippen molar-refractivity contribution in [2.75, 3.05) is 33.4 Å². The fourth-order valence-electron chi connectivity index (χ4n) is 4.09. The van der Waals surface area contributed by atoms with Crippen LogP contribution in [-0.4, -0.2) is 61.2 Å². The molecule has 1 amide bonds. The first-order valence-corrected chi connectivity index (χ1v) is 9.92. The monoisotopic (exact) mass is 360 g/mol. The molecule has 5 heteroatoms. The van der Waals surface area contributed by atoms with Gasteiger partial charge in [-0.1, -0.05) is 18.2 Å². The molecule has 0 aromatic heterocycles. The summed E-state index contributed by atoms with van der Waals surface area (Å²) in [6, 6.07) is 8.42. The molecule has 0 spiro atoms. The number of para-hydroxylation sites is 1. The molecule has 144 valence electrons. The zero-order valence-corrected chi connectivity index (χ0v) is 16.2. The van der Waals surface area contributed by atoms with E-state index in [9.17, 15) is 4.79 Å². The Hall–Kier alpha value is -1.59. The summed E-state index contributed by atoms with van der Waals surface area (Å²) in [7, 11) is 1.70. The number of methoxy groups -OCH3 is 1. The van der Waals surface area contributed by atoms with Gasteiger partial charge in [0.2, 0.25) is 5.91 Å². The smallest absolute Gasteiger partial charge is 0.236 e. The molecule has 0 N–H and O–H groups in total. The summed E-state index contributed by atoms with van der Waals surface area (Å²) >= 11 is 0. The molecule has 0 saturated carbocycles. The number of carbonyl (C=O) groups is 1. The Balaban J connectivity index is 1.68. The number of piperidine rings is 1. The van der Waals surface area contributed by atoms with E-state index in [0.717, 1.165) is 56.7 Å². The molecule has 0 bridgehead atoms. The lowest BCUT2D eigenvalue weighted by molar-refractivity contribution is -0.136. The van der Waals surface area contributed by atoms with Gasteiger partial charge in [0.15, 0.2) is 0 Å². The maximum atomic E-state index is 12.9. The summed E-state index contributed by atoms with van der Waals surface area (Å²) in [4.78, 5) is 17.2. The maximum Gasteiger partial charge on any atom is 0.236 e. The van der Waals surface area contributed by atoms with Crippen LogP contribution in [0, 0.1) is 0 Å². The lowest BCUT2D eigenvalue weighted by Gasteiger charge is -2.35. The molecule has 1 aromatic carbocycles. The van der Waals surface area contributed by atoms with Gasteiger partial charge in [-0.3, -0.25) is 9.69 Å². The predicted molar refractivity (Wildman–Crippen MR) is 102 cm³/mol. The summed E-state index contributed by atoms with van der Waals surface area (Å²) in [5.41, 5.74) is 1.12. The van der Waals surface area contributed by atoms with E-state index in [4.69, 9.17) is 9.47 Å². The second-order valence-corrected chi connectivity index (χ2v) is 7.55. The van der Waals surface area contributed by atoms with E-state index in [2.05, 4.69) is 22.8 Å². The summed E-state index contributed by atoms with van der Waals surface area (Å²) in [5.74, 6) is 1.12. The molecule has 2 aliphatic rings. The molecule has 0 radical (unpaired) electrons. The van der Waals surface area contributed by atoms with Crippen molar-refractivity contribution >= 4 is 5.91 Å². The molecule has 5 nitrogen and oxygen atoms in total. The normalized spacial score (nSPS) is 23.4. The van der Waals surface area contributed by atoms with Crippen molar-refractivity contribution in [1.82, 2.24) is 9.80 Å². The van der Waals surface area contributed by atoms with Gasteiger partial charge >= 0.3 is 0 Å². The van der Waals surface area contributed by atoms with Gasteiger partial charge in [0.25, 0.3) is 0 Å². The zero-order chi connectivity index (χ0) is 18.4. The maximum absolute atomic E-state index is 12.9. The average molecular weight is 360 g/mol. The molecular weight excluding hydrogens is 328 g/mol. The highest BCUT2D eigenvalue weighted by atomic mass is 16.5. The molecule has 0 aliphatic carbocycles. The molecule has 2 heterocycles. The van der Waals surface area contributed by atoms with Gasteiger partial charge < -0.3 is 14.4 Å². The Morgan fingerprint density at radius 2 is 2.12 bits per heavy atom. The third-order valence-corrected chi connectivity index (χ3v) is 5.55. The van der Waals surface area contributed by atoms with Crippen molar-refractivity contribution < 1.29 is 14.3 Å². The van der Waals surface area contributed by atoms with Crippen molar-refractivity contribution in [3.05, 3.63) is 29.8 Å². The van der Waals surface area contributed by atoms with Gasteiger partial charge in [0.1, 0.15) is 5.75 Å². The van der Waals surface area contributed by atoms with Crippen LogP contribution < -0.4 is 4.74 Å². The van der Waals surface area contributed by atoms with E-state index in [1.807, 2.05) is 18.2 Å². The SMILES string of the molecule is COc1ccccc1CN(CC(=O)N1CCCCC1C)CC1CCCO1. The van der Waals surface area contributed by atoms with Crippen LogP contribution in [0.3, 0.4) is 0 Å². The first-order valence-electron chi connectivity index (χ1n) is 9.92. The van der Waals surface area contributed by atoms with Gasteiger partial charge in [-0.2, -0.15) is 0 Å². The molecule has 1 aromatic rings. The minimum absolute atomic E-state index is 0.233. The zero-order valence-electron chi connectivity index (χ0n) is 16.2. The number of hydrogen-bond donors (Lipinski definition) is 0. The minimum atomic E-state index is 0.233. The van der Waals surface area contributed by atoms with Gasteiger partial charge in [0, 0.05) is 37.8 Å². The van der Waals surface area contributed by atoms with Crippen LogP contribution in [-0.2, 0) is 16.1 Å². The molecule has 3 rings (SSSR count). The first-order chi connectivity index (χ1) is 12.7. The van der Waals surface area contributed by atoms with Crippen LogP contribution in [0.25, 0.3) is 0 Å². The highest BCUT2D eigenvalue weighted by Gasteiger charge is 2.27. The standard InChI is InChI=1S/C21H32N2O3/c1-17-8-5-6-12-23(17)21(24)16-22(15-19-10-7-13-26-19)14-18-9-3-4-11-20(18)25-2/h3-4,9,11,17,19H,5-8,10,12-16H2,1-2H3. The number of rotatable bonds is 7. The Labute approximate surface area is 157 Å². The Morgan fingerprint density at radius 3 is 2.85 bits per heavy atom. The van der Waals surface area contributed by atoms with E-state index in [-0.39, 0.29) is 12.0 Å². The quantitative estimate of drug-likeness (QED) is 0.749. The molecule has 2 unspecified atom stereocenters. The van der Waals surface area contributed by atoms with Crippen LogP contribution in [0.2, 0.25) is 0 Å². The van der Waals surface area contributed by atoms with Crippen LogP contribution in [0.5, 0.6) is 5.75 Å². The van der Waals surface area contributed by atoms with E-state index in [0.29, 0.717) is 19.1 Å². The fourth-order valence-corrected chi connectivity index (χ4v) is 4.09. The summed E-state index contributed by atoms with van der Waals surface area (Å²) in [5, 5.41) is 0. The Bertz CT molecular complexity index is 586. The number of amides is 1. The van der Waals surface area contributed by atoms with Crippen molar-refractivity contribution in [2.24, 2.45) is 0 Å². The lowest BCUT2D eigenvalue weighted by Crippen LogP contribution is -2.47. The molecule has 2 atom stereocenters. The number of carbonyl (C=O) groups excluding carboxylic acids is 1. The molecular formula is C21H32N2O3. The number of nitrogens with zero attached hydrogens (tertiary/aromatic N) is 2. The number of likely N-dealkylation sites (tertiary alicyclic amines) is 1. The lowest BCUT2D eigenvalue weighted by atomic mass is 10.0. The van der Waals surface area contributed by atoms with E-state index in [1.165, 1.54) is 6.42 Å². The van der Waals surface area contributed by atoms with E-state index >= 15 is 0 Å². The second-order valence-electron chi connectivity index (χ2n) is 7.55. The van der Waals surface area contributed by atoms with Crippen molar-refractivity contribution in [3.63, 3.8) is 0 Å². The van der Waals surface area contributed by atoms with Gasteiger partial charge in [-0.15, -0.1) is 0 Å². The number of hydrogen-bond acceptors (Lipinski definition) is 4. The van der Waals surface area contributed by atoms with E-state index in [1.54, 1.807) is 7.11 Å². The highest BCUT2D eigenvalue weighted by molar-refractivity contribution is 5.78. The highest BCUT2D eigenvalue weighted by Crippen LogP contribution is 2.22. The third-order valence-electron chi connectivity index (χ3n) is 5.55. The molecule has 2 aliphatic heterocycles. The fraction of sp³-hybridized carbons (Fsp3) is 0.667. The largest absolute Gasteiger partial charge is 0.496 e. The number of ether oxygens (including phenoxy) is 2. The van der Waals surface area contributed by atoms with Crippen molar-refractivity contribution in [3.8, 4) is 5.75 Å². The van der Waals surface area contributed by atoms with Crippen LogP contribution >= 0.6 is 0 Å². The van der Waals surface area contributed by atoms with Crippen LogP contribution in [0.15, 0.2) is 24.3 Å². The first kappa shape index (κ1) is 19.2. The molecule has 2 saturated heterocycles. The Morgan fingerprint density at radius 1 is 1.27 bits per heavy atom. The topological polar surface area (TPSA) is 42.0 Å². The summed E-state index contributed by atoms with van der Waals surface area (Å²) in [6.45, 7) is 5.85. The summed E-state index contributed by atoms with van der Waals surface area (Å²) < 4.78 is 11.3. The van der Waals surface area contributed by atoms with Crippen molar-refractivity contribution in [2.45, 2.75) is 57.7 Å². The van der Waals surface area contributed by atoms with Gasteiger partial charge in [-0.05, 0) is 45.1 Å². The predicted octanol–water partition coefficient (Wildman–Crippen LogP) is 3.08. The van der Waals surface area contributed by atoms with E-state index < -0.39 is 0 Å².